The predicted molar refractivity (Wildman–Crippen MR) is 259 cm³/mol. The fourth-order valence-corrected chi connectivity index (χ4v) is 9.01. The number of anilines is 6. The first-order valence-electron chi connectivity index (χ1n) is 21.1. The van der Waals surface area contributed by atoms with Gasteiger partial charge >= 0.3 is 0 Å². The lowest BCUT2D eigenvalue weighted by Crippen LogP contribution is -2.17. The number of rotatable bonds is 8. The minimum Gasteiger partial charge on any atom is -0.311 e. The van der Waals surface area contributed by atoms with Gasteiger partial charge in [0.05, 0.1) is 0 Å². The van der Waals surface area contributed by atoms with Crippen molar-refractivity contribution in [3.63, 3.8) is 0 Å². The number of para-hydroxylation sites is 4. The van der Waals surface area contributed by atoms with E-state index in [1.807, 2.05) is 0 Å². The molecule has 0 aliphatic rings. The second-order valence-corrected chi connectivity index (χ2v) is 17.9. The van der Waals surface area contributed by atoms with E-state index in [9.17, 15) is 0 Å². The van der Waals surface area contributed by atoms with Gasteiger partial charge in [0.25, 0.3) is 0 Å². The normalized spacial score (nSPS) is 11.8. The van der Waals surface area contributed by atoms with Crippen molar-refractivity contribution in [3.05, 3.63) is 217 Å². The van der Waals surface area contributed by atoms with Gasteiger partial charge in [-0.05, 0) is 151 Å². The molecule has 9 aromatic rings. The maximum Gasteiger partial charge on any atom is 0.0462 e. The molecular formula is C58H52N2. The van der Waals surface area contributed by atoms with Crippen LogP contribution < -0.4 is 9.80 Å². The lowest BCUT2D eigenvalue weighted by molar-refractivity contribution is 0.593. The van der Waals surface area contributed by atoms with E-state index in [1.54, 1.807) is 0 Å². The average molecular weight is 777 g/mol. The van der Waals surface area contributed by atoms with Gasteiger partial charge in [-0.3, -0.25) is 0 Å². The van der Waals surface area contributed by atoms with E-state index in [4.69, 9.17) is 0 Å². The summed E-state index contributed by atoms with van der Waals surface area (Å²) in [5.74, 6) is 0. The molecular weight excluding hydrogens is 725 g/mol. The van der Waals surface area contributed by atoms with E-state index in [0.29, 0.717) is 0 Å². The number of nitrogens with zero attached hydrogens (tertiary/aromatic N) is 2. The lowest BCUT2D eigenvalue weighted by Gasteiger charge is -2.31. The van der Waals surface area contributed by atoms with Gasteiger partial charge in [-0.1, -0.05) is 163 Å². The van der Waals surface area contributed by atoms with E-state index < -0.39 is 0 Å². The van der Waals surface area contributed by atoms with E-state index in [-0.39, 0.29) is 10.8 Å². The molecule has 294 valence electrons. The second kappa shape index (κ2) is 15.7. The van der Waals surface area contributed by atoms with E-state index in [1.165, 1.54) is 54.9 Å². The van der Waals surface area contributed by atoms with Gasteiger partial charge in [0.15, 0.2) is 0 Å². The molecule has 0 unspecified atom stereocenters. The molecule has 0 spiro atoms. The van der Waals surface area contributed by atoms with Crippen LogP contribution in [-0.4, -0.2) is 0 Å². The quantitative estimate of drug-likeness (QED) is 0.142. The Hall–Kier alpha value is -6.90. The first kappa shape index (κ1) is 38.6. The highest BCUT2D eigenvalue weighted by molar-refractivity contribution is 6.09. The van der Waals surface area contributed by atoms with Crippen molar-refractivity contribution in [2.75, 3.05) is 9.80 Å². The summed E-state index contributed by atoms with van der Waals surface area (Å²) in [6.07, 6.45) is 0. The Kier molecular flexibility index (Phi) is 10.1. The molecule has 0 aliphatic heterocycles. The summed E-state index contributed by atoms with van der Waals surface area (Å²) in [7, 11) is 0. The number of fused-ring (bicyclic) bond motifs is 2. The Morgan fingerprint density at radius 3 is 0.767 bits per heavy atom. The molecule has 0 radical (unpaired) electrons. The van der Waals surface area contributed by atoms with Crippen LogP contribution >= 0.6 is 0 Å². The van der Waals surface area contributed by atoms with E-state index >= 15 is 0 Å². The molecule has 2 nitrogen and oxygen atoms in total. The fraction of sp³-hybridized carbons (Fsp3) is 0.138. The summed E-state index contributed by atoms with van der Waals surface area (Å²) in [6, 6.07) is 74.8. The Morgan fingerprint density at radius 2 is 0.500 bits per heavy atom. The molecule has 0 amide bonds. The van der Waals surface area contributed by atoms with Crippen LogP contribution in [0.15, 0.2) is 206 Å². The van der Waals surface area contributed by atoms with Crippen molar-refractivity contribution in [2.45, 2.75) is 52.4 Å². The Bertz CT molecular complexity index is 2600. The van der Waals surface area contributed by atoms with Crippen LogP contribution in [0.5, 0.6) is 0 Å². The van der Waals surface area contributed by atoms with Crippen molar-refractivity contribution in [1.82, 2.24) is 0 Å². The number of benzene rings is 9. The number of hydrogen-bond donors (Lipinski definition) is 0. The predicted octanol–water partition coefficient (Wildman–Crippen LogP) is 16.9. The van der Waals surface area contributed by atoms with Crippen LogP contribution in [-0.2, 0) is 10.8 Å². The van der Waals surface area contributed by atoms with Crippen molar-refractivity contribution in [3.8, 4) is 22.3 Å². The van der Waals surface area contributed by atoms with Gasteiger partial charge in [0.2, 0.25) is 0 Å². The van der Waals surface area contributed by atoms with E-state index in [0.717, 1.165) is 34.1 Å². The molecule has 60 heavy (non-hydrogen) atoms. The Balaban J connectivity index is 1.14. The van der Waals surface area contributed by atoms with Crippen LogP contribution in [0.4, 0.5) is 34.1 Å². The highest BCUT2D eigenvalue weighted by Crippen LogP contribution is 2.46. The van der Waals surface area contributed by atoms with Crippen molar-refractivity contribution >= 4 is 55.7 Å². The van der Waals surface area contributed by atoms with Gasteiger partial charge < -0.3 is 9.80 Å². The molecule has 0 saturated carbocycles. The molecule has 9 rings (SSSR count). The zero-order valence-electron chi connectivity index (χ0n) is 35.5. The van der Waals surface area contributed by atoms with Crippen molar-refractivity contribution < 1.29 is 0 Å². The Labute approximate surface area is 356 Å². The third kappa shape index (κ3) is 7.46. The summed E-state index contributed by atoms with van der Waals surface area (Å²) in [4.78, 5) is 4.63. The molecule has 0 bridgehead atoms. The molecule has 9 aromatic carbocycles. The summed E-state index contributed by atoms with van der Waals surface area (Å²) < 4.78 is 0. The monoisotopic (exact) mass is 776 g/mol. The van der Waals surface area contributed by atoms with Crippen LogP contribution in [0.25, 0.3) is 43.8 Å². The largest absolute Gasteiger partial charge is 0.311 e. The maximum absolute atomic E-state index is 2.45. The lowest BCUT2D eigenvalue weighted by atomic mass is 9.73. The molecule has 0 saturated heterocycles. The fourth-order valence-electron chi connectivity index (χ4n) is 9.01. The molecule has 0 N–H and O–H groups in total. The van der Waals surface area contributed by atoms with Gasteiger partial charge in [-0.25, -0.2) is 0 Å². The highest BCUT2D eigenvalue weighted by atomic mass is 15.1. The SMILES string of the molecule is CC(C)(C)c1c2ccc(-c3ccc(N(c4ccccc4)c4ccccc4)cc3)cc2c(C(C)(C)C)c2ccc(-c3ccc(N(c4ccccc4)c4ccccc4)cc3)cc12. The first-order chi connectivity index (χ1) is 29.0. The third-order valence-electron chi connectivity index (χ3n) is 11.6. The first-order valence-corrected chi connectivity index (χ1v) is 21.1. The van der Waals surface area contributed by atoms with E-state index in [2.05, 4.69) is 258 Å². The van der Waals surface area contributed by atoms with Gasteiger partial charge in [0.1, 0.15) is 0 Å². The molecule has 2 heteroatoms. The summed E-state index contributed by atoms with van der Waals surface area (Å²) in [5.41, 5.74) is 14.2. The van der Waals surface area contributed by atoms with Crippen LogP contribution in [0, 0.1) is 0 Å². The van der Waals surface area contributed by atoms with Gasteiger partial charge in [0, 0.05) is 34.1 Å². The summed E-state index contributed by atoms with van der Waals surface area (Å²) in [5, 5.41) is 5.31. The van der Waals surface area contributed by atoms with Gasteiger partial charge in [-0.2, -0.15) is 0 Å². The molecule has 0 aliphatic carbocycles. The zero-order chi connectivity index (χ0) is 41.4. The summed E-state index contributed by atoms with van der Waals surface area (Å²) in [6.45, 7) is 14.2. The van der Waals surface area contributed by atoms with Gasteiger partial charge in [-0.15, -0.1) is 0 Å². The summed E-state index contributed by atoms with van der Waals surface area (Å²) >= 11 is 0. The topological polar surface area (TPSA) is 6.48 Å². The molecule has 0 heterocycles. The number of hydrogen-bond acceptors (Lipinski definition) is 2. The Morgan fingerprint density at radius 1 is 0.250 bits per heavy atom. The average Bonchev–Trinajstić information content (AvgIpc) is 3.26. The smallest absolute Gasteiger partial charge is 0.0462 e. The van der Waals surface area contributed by atoms with Crippen LogP contribution in [0.1, 0.15) is 52.7 Å². The van der Waals surface area contributed by atoms with Crippen molar-refractivity contribution in [1.29, 1.82) is 0 Å². The van der Waals surface area contributed by atoms with Crippen LogP contribution in [0.3, 0.4) is 0 Å². The molecule has 0 atom stereocenters. The maximum atomic E-state index is 2.45. The standard InChI is InChI=1S/C58H52N2/c1-57(2,3)55-51-37-31-44(42-29-35-50(36-30-42)60(47-23-15-9-16-24-47)48-25-17-10-18-26-48)40-54(51)56(58(4,5)6)52-38-32-43(39-53(52)55)41-27-33-49(34-28-41)59(45-19-11-7-12-20-45)46-21-13-8-14-22-46/h7-40H,1-6H3. The minimum atomic E-state index is -0.0945. The molecule has 0 aromatic heterocycles. The van der Waals surface area contributed by atoms with Crippen molar-refractivity contribution in [2.24, 2.45) is 0 Å². The third-order valence-corrected chi connectivity index (χ3v) is 11.6. The minimum absolute atomic E-state index is 0.0945. The highest BCUT2D eigenvalue weighted by Gasteiger charge is 2.28. The molecule has 0 fully saturated rings. The zero-order valence-corrected chi connectivity index (χ0v) is 35.5. The second-order valence-electron chi connectivity index (χ2n) is 17.9. The van der Waals surface area contributed by atoms with Crippen LogP contribution in [0.2, 0.25) is 0 Å².